The molecule has 158 valence electrons. The van der Waals surface area contributed by atoms with Crippen molar-refractivity contribution in [3.63, 3.8) is 0 Å². The normalized spacial score (nSPS) is 16.8. The number of carbonyl (C=O) groups excluding carboxylic acids is 1. The van der Waals surface area contributed by atoms with Gasteiger partial charge in [-0.05, 0) is 34.9 Å². The number of amides is 1. The minimum atomic E-state index is -0.114. The topological polar surface area (TPSA) is 66.0 Å². The van der Waals surface area contributed by atoms with Gasteiger partial charge in [-0.2, -0.15) is 0 Å². The number of fused-ring (bicyclic) bond motifs is 2. The van der Waals surface area contributed by atoms with Crippen LogP contribution in [0.5, 0.6) is 23.0 Å². The SMILES string of the molecule is COc1cc([C@H]2CC(=O)Nc3cc4c(cc32)OCCO4)ccc1OCc1ccccc1. The van der Waals surface area contributed by atoms with Crippen LogP contribution in [0, 0.1) is 0 Å². The van der Waals surface area contributed by atoms with Gasteiger partial charge < -0.3 is 24.3 Å². The van der Waals surface area contributed by atoms with Gasteiger partial charge in [0, 0.05) is 24.1 Å². The highest BCUT2D eigenvalue weighted by Gasteiger charge is 2.30. The van der Waals surface area contributed by atoms with Crippen LogP contribution in [0.1, 0.15) is 29.0 Å². The molecule has 3 aromatic carbocycles. The lowest BCUT2D eigenvalue weighted by Crippen LogP contribution is -2.24. The van der Waals surface area contributed by atoms with Crippen molar-refractivity contribution in [1.29, 1.82) is 0 Å². The van der Waals surface area contributed by atoms with Crippen molar-refractivity contribution >= 4 is 11.6 Å². The van der Waals surface area contributed by atoms with Crippen LogP contribution in [0.4, 0.5) is 5.69 Å². The Labute approximate surface area is 180 Å². The highest BCUT2D eigenvalue weighted by molar-refractivity contribution is 5.96. The Kier molecular flexibility index (Phi) is 5.12. The fraction of sp³-hybridized carbons (Fsp3) is 0.240. The average molecular weight is 417 g/mol. The molecule has 0 saturated carbocycles. The average Bonchev–Trinajstić information content (AvgIpc) is 2.81. The summed E-state index contributed by atoms with van der Waals surface area (Å²) in [4.78, 5) is 12.4. The van der Waals surface area contributed by atoms with Crippen molar-refractivity contribution in [3.8, 4) is 23.0 Å². The summed E-state index contributed by atoms with van der Waals surface area (Å²) in [6.07, 6.45) is 0.347. The second kappa shape index (κ2) is 8.22. The number of nitrogens with one attached hydrogen (secondary N) is 1. The molecule has 0 unspecified atom stereocenters. The Balaban J connectivity index is 1.45. The van der Waals surface area contributed by atoms with Crippen LogP contribution in [0.25, 0.3) is 0 Å². The highest BCUT2D eigenvalue weighted by atomic mass is 16.6. The number of ether oxygens (including phenoxy) is 4. The summed E-state index contributed by atoms with van der Waals surface area (Å²) in [5.74, 6) is 2.53. The summed E-state index contributed by atoms with van der Waals surface area (Å²) in [7, 11) is 1.62. The molecule has 2 aliphatic heterocycles. The van der Waals surface area contributed by atoms with E-state index in [9.17, 15) is 4.79 Å². The largest absolute Gasteiger partial charge is 0.493 e. The lowest BCUT2D eigenvalue weighted by molar-refractivity contribution is -0.116. The molecule has 1 atom stereocenters. The molecule has 6 nitrogen and oxygen atoms in total. The summed E-state index contributed by atoms with van der Waals surface area (Å²) in [5, 5.41) is 2.96. The van der Waals surface area contributed by atoms with E-state index in [1.807, 2.05) is 60.7 Å². The van der Waals surface area contributed by atoms with E-state index in [1.165, 1.54) is 0 Å². The third-order valence-corrected chi connectivity index (χ3v) is 5.58. The van der Waals surface area contributed by atoms with Crippen molar-refractivity contribution < 1.29 is 23.7 Å². The molecule has 0 saturated heterocycles. The molecular weight excluding hydrogens is 394 g/mol. The fourth-order valence-corrected chi connectivity index (χ4v) is 4.05. The Hall–Kier alpha value is -3.67. The van der Waals surface area contributed by atoms with Gasteiger partial charge in [0.05, 0.1) is 7.11 Å². The molecular formula is C25H23NO5. The first-order valence-corrected chi connectivity index (χ1v) is 10.3. The number of anilines is 1. The maximum atomic E-state index is 12.4. The van der Waals surface area contributed by atoms with Crippen LogP contribution in [-0.2, 0) is 11.4 Å². The van der Waals surface area contributed by atoms with Gasteiger partial charge >= 0.3 is 0 Å². The minimum Gasteiger partial charge on any atom is -0.493 e. The first-order chi connectivity index (χ1) is 15.2. The van der Waals surface area contributed by atoms with Gasteiger partial charge in [0.25, 0.3) is 0 Å². The van der Waals surface area contributed by atoms with Crippen LogP contribution in [-0.4, -0.2) is 26.2 Å². The molecule has 1 amide bonds. The summed E-state index contributed by atoms with van der Waals surface area (Å²) in [5.41, 5.74) is 3.83. The molecule has 5 rings (SSSR count). The second-order valence-corrected chi connectivity index (χ2v) is 7.57. The second-order valence-electron chi connectivity index (χ2n) is 7.57. The van der Waals surface area contributed by atoms with Crippen molar-refractivity contribution in [2.75, 3.05) is 25.6 Å². The lowest BCUT2D eigenvalue weighted by Gasteiger charge is -2.29. The van der Waals surface area contributed by atoms with Gasteiger partial charge in [-0.25, -0.2) is 0 Å². The minimum absolute atomic E-state index is 0.0300. The van der Waals surface area contributed by atoms with Crippen molar-refractivity contribution in [2.24, 2.45) is 0 Å². The van der Waals surface area contributed by atoms with E-state index >= 15 is 0 Å². The number of methoxy groups -OCH3 is 1. The smallest absolute Gasteiger partial charge is 0.225 e. The van der Waals surface area contributed by atoms with Gasteiger partial charge in [-0.3, -0.25) is 4.79 Å². The Morgan fingerprint density at radius 2 is 1.74 bits per heavy atom. The van der Waals surface area contributed by atoms with Crippen LogP contribution >= 0.6 is 0 Å². The Morgan fingerprint density at radius 1 is 0.968 bits per heavy atom. The zero-order valence-corrected chi connectivity index (χ0v) is 17.2. The van der Waals surface area contributed by atoms with Gasteiger partial charge in [0.1, 0.15) is 19.8 Å². The highest BCUT2D eigenvalue weighted by Crippen LogP contribution is 2.45. The third-order valence-electron chi connectivity index (χ3n) is 5.58. The zero-order chi connectivity index (χ0) is 21.2. The maximum absolute atomic E-state index is 12.4. The number of hydrogen-bond donors (Lipinski definition) is 1. The van der Waals surface area contributed by atoms with Crippen LogP contribution in [0.15, 0.2) is 60.7 Å². The summed E-state index contributed by atoms with van der Waals surface area (Å²) < 4.78 is 23.0. The number of rotatable bonds is 5. The van der Waals surface area contributed by atoms with Gasteiger partial charge in [-0.15, -0.1) is 0 Å². The van der Waals surface area contributed by atoms with Crippen molar-refractivity contribution in [3.05, 3.63) is 77.4 Å². The predicted octanol–water partition coefficient (Wildman–Crippen LogP) is 4.52. The van der Waals surface area contributed by atoms with Gasteiger partial charge in [-0.1, -0.05) is 36.4 Å². The lowest BCUT2D eigenvalue weighted by atomic mass is 9.84. The van der Waals surface area contributed by atoms with E-state index in [1.54, 1.807) is 7.11 Å². The fourth-order valence-electron chi connectivity index (χ4n) is 4.05. The van der Waals surface area contributed by atoms with E-state index < -0.39 is 0 Å². The van der Waals surface area contributed by atoms with E-state index in [0.29, 0.717) is 49.2 Å². The van der Waals surface area contributed by atoms with Crippen molar-refractivity contribution in [1.82, 2.24) is 0 Å². The Bertz CT molecular complexity index is 1110. The molecule has 0 aliphatic carbocycles. The third kappa shape index (κ3) is 3.89. The molecule has 2 aliphatic rings. The molecule has 1 N–H and O–H groups in total. The van der Waals surface area contributed by atoms with Crippen LogP contribution < -0.4 is 24.3 Å². The predicted molar refractivity (Wildman–Crippen MR) is 116 cm³/mol. The molecule has 2 heterocycles. The van der Waals surface area contributed by atoms with E-state index in [4.69, 9.17) is 18.9 Å². The van der Waals surface area contributed by atoms with E-state index in [-0.39, 0.29) is 11.8 Å². The Morgan fingerprint density at radius 3 is 2.52 bits per heavy atom. The molecule has 0 fully saturated rings. The van der Waals surface area contributed by atoms with Crippen LogP contribution in [0.2, 0.25) is 0 Å². The zero-order valence-electron chi connectivity index (χ0n) is 17.2. The standard InChI is InChI=1S/C25H23NO5/c1-28-22-11-17(7-8-21(22)31-15-16-5-3-2-4-6-16)18-13-25(27)26-20-14-24-23(12-19(18)20)29-9-10-30-24/h2-8,11-12,14,18H,9-10,13,15H2,1H3,(H,26,27)/t18-/m1/s1. The summed E-state index contributed by atoms with van der Waals surface area (Å²) in [6, 6.07) is 19.7. The molecule has 0 radical (unpaired) electrons. The molecule has 3 aromatic rings. The number of hydrogen-bond acceptors (Lipinski definition) is 5. The number of benzene rings is 3. The quantitative estimate of drug-likeness (QED) is 0.661. The van der Waals surface area contributed by atoms with Crippen LogP contribution in [0.3, 0.4) is 0 Å². The summed E-state index contributed by atoms with van der Waals surface area (Å²) >= 11 is 0. The van der Waals surface area contributed by atoms with E-state index in [0.717, 1.165) is 22.4 Å². The number of carbonyl (C=O) groups is 1. The first-order valence-electron chi connectivity index (χ1n) is 10.3. The van der Waals surface area contributed by atoms with Gasteiger partial charge in [0.15, 0.2) is 23.0 Å². The maximum Gasteiger partial charge on any atom is 0.225 e. The summed E-state index contributed by atoms with van der Waals surface area (Å²) in [6.45, 7) is 1.48. The first kappa shape index (κ1) is 19.3. The molecule has 0 aromatic heterocycles. The molecule has 31 heavy (non-hydrogen) atoms. The molecule has 0 spiro atoms. The molecule has 0 bridgehead atoms. The van der Waals surface area contributed by atoms with E-state index in [2.05, 4.69) is 5.32 Å². The molecule has 6 heteroatoms. The monoisotopic (exact) mass is 417 g/mol. The van der Waals surface area contributed by atoms with Gasteiger partial charge in [0.2, 0.25) is 5.91 Å². The van der Waals surface area contributed by atoms with Crippen molar-refractivity contribution in [2.45, 2.75) is 18.9 Å².